The third-order valence-corrected chi connectivity index (χ3v) is 4.65. The van der Waals surface area contributed by atoms with Crippen molar-refractivity contribution < 1.29 is 13.2 Å². The van der Waals surface area contributed by atoms with Gasteiger partial charge in [-0.3, -0.25) is 9.52 Å². The lowest BCUT2D eigenvalue weighted by Crippen LogP contribution is -2.29. The van der Waals surface area contributed by atoms with Crippen molar-refractivity contribution in [3.63, 3.8) is 0 Å². The van der Waals surface area contributed by atoms with Gasteiger partial charge in [0.05, 0.1) is 22.9 Å². The molecular formula is C19H23ClN2O3S. The number of nitrogens with one attached hydrogen (secondary N) is 2. The highest BCUT2D eigenvalue weighted by atomic mass is 35.5. The molecular weight excluding hydrogens is 372 g/mol. The molecule has 5 nitrogen and oxygen atoms in total. The predicted octanol–water partition coefficient (Wildman–Crippen LogP) is 4.23. The zero-order valence-corrected chi connectivity index (χ0v) is 16.6. The Morgan fingerprint density at radius 3 is 2.31 bits per heavy atom. The molecule has 7 heteroatoms. The van der Waals surface area contributed by atoms with Crippen LogP contribution in [0, 0.1) is 5.92 Å². The van der Waals surface area contributed by atoms with Gasteiger partial charge in [0.15, 0.2) is 0 Å². The van der Waals surface area contributed by atoms with Gasteiger partial charge in [-0.2, -0.15) is 0 Å². The van der Waals surface area contributed by atoms with Crippen molar-refractivity contribution in [2.45, 2.75) is 26.3 Å². The molecule has 2 rings (SSSR count). The van der Waals surface area contributed by atoms with Crippen LogP contribution in [0.3, 0.4) is 0 Å². The fraction of sp³-hybridized carbons (Fsp3) is 0.316. The number of hydrogen-bond acceptors (Lipinski definition) is 3. The lowest BCUT2D eigenvalue weighted by atomic mass is 9.96. The Bertz CT molecular complexity index is 868. The maximum Gasteiger partial charge on any atom is 0.253 e. The second-order valence-corrected chi connectivity index (χ2v) is 8.79. The first kappa shape index (κ1) is 20.3. The second kappa shape index (κ2) is 8.56. The quantitative estimate of drug-likeness (QED) is 0.737. The van der Waals surface area contributed by atoms with Crippen LogP contribution in [0.5, 0.6) is 0 Å². The molecule has 0 aliphatic rings. The topological polar surface area (TPSA) is 75.3 Å². The highest BCUT2D eigenvalue weighted by Crippen LogP contribution is 2.25. The molecule has 140 valence electrons. The molecule has 0 heterocycles. The Morgan fingerprint density at radius 2 is 1.77 bits per heavy atom. The van der Waals surface area contributed by atoms with E-state index in [9.17, 15) is 13.2 Å². The van der Waals surface area contributed by atoms with Gasteiger partial charge in [-0.1, -0.05) is 55.8 Å². The average Bonchev–Trinajstić information content (AvgIpc) is 2.53. The molecule has 0 saturated carbocycles. The fourth-order valence-electron chi connectivity index (χ4n) is 2.65. The van der Waals surface area contributed by atoms with E-state index in [0.717, 1.165) is 18.2 Å². The van der Waals surface area contributed by atoms with E-state index in [-0.39, 0.29) is 17.0 Å². The van der Waals surface area contributed by atoms with E-state index in [1.807, 2.05) is 30.3 Å². The molecule has 2 aromatic carbocycles. The smallest absolute Gasteiger partial charge is 0.253 e. The molecule has 0 aliphatic heterocycles. The molecule has 0 aromatic heterocycles. The maximum absolute atomic E-state index is 12.7. The lowest BCUT2D eigenvalue weighted by molar-refractivity contribution is 0.0932. The normalized spacial score (nSPS) is 12.7. The minimum Gasteiger partial charge on any atom is -0.345 e. The standard InChI is InChI=1S/C19H23ClN2O3S/c1-13(2)11-18(14-7-5-4-6-8-14)21-19(23)16-10-9-15(12-17(16)20)22-26(3,24)25/h4-10,12-13,18,22H,11H2,1-3H3,(H,21,23)/t18-/m0/s1. The molecule has 0 aliphatic carbocycles. The van der Waals surface area contributed by atoms with Crippen LogP contribution in [0.2, 0.25) is 5.02 Å². The summed E-state index contributed by atoms with van der Waals surface area (Å²) in [4.78, 5) is 12.7. The van der Waals surface area contributed by atoms with Crippen LogP contribution in [0.15, 0.2) is 48.5 Å². The van der Waals surface area contributed by atoms with Gasteiger partial charge in [-0.05, 0) is 36.1 Å². The zero-order valence-electron chi connectivity index (χ0n) is 15.0. The van der Waals surface area contributed by atoms with Gasteiger partial charge in [0, 0.05) is 5.69 Å². The molecule has 1 amide bonds. The molecule has 1 atom stereocenters. The predicted molar refractivity (Wildman–Crippen MR) is 106 cm³/mol. The summed E-state index contributed by atoms with van der Waals surface area (Å²) in [6, 6.07) is 14.1. The van der Waals surface area contributed by atoms with Gasteiger partial charge in [-0.15, -0.1) is 0 Å². The number of carbonyl (C=O) groups is 1. The minimum absolute atomic E-state index is 0.131. The number of halogens is 1. The third kappa shape index (κ3) is 6.04. The summed E-state index contributed by atoms with van der Waals surface area (Å²) in [5.41, 5.74) is 1.65. The summed E-state index contributed by atoms with van der Waals surface area (Å²) in [5.74, 6) is 0.104. The van der Waals surface area contributed by atoms with Gasteiger partial charge >= 0.3 is 0 Å². The number of benzene rings is 2. The first-order valence-electron chi connectivity index (χ1n) is 8.29. The van der Waals surface area contributed by atoms with Gasteiger partial charge in [0.25, 0.3) is 5.91 Å². The van der Waals surface area contributed by atoms with E-state index in [0.29, 0.717) is 17.2 Å². The highest BCUT2D eigenvalue weighted by molar-refractivity contribution is 7.92. The molecule has 0 saturated heterocycles. The Kier molecular flexibility index (Phi) is 6.67. The minimum atomic E-state index is -3.40. The van der Waals surface area contributed by atoms with Crippen molar-refractivity contribution in [3.05, 3.63) is 64.7 Å². The summed E-state index contributed by atoms with van der Waals surface area (Å²) in [6.45, 7) is 4.20. The van der Waals surface area contributed by atoms with Crippen LogP contribution < -0.4 is 10.0 Å². The SMILES string of the molecule is CC(C)C[C@H](NC(=O)c1ccc(NS(C)(=O)=O)cc1Cl)c1ccccc1. The summed E-state index contributed by atoms with van der Waals surface area (Å²) in [5, 5.41) is 3.21. The molecule has 0 radical (unpaired) electrons. The Balaban J connectivity index is 2.21. The summed E-state index contributed by atoms with van der Waals surface area (Å²) < 4.78 is 24.9. The molecule has 2 N–H and O–H groups in total. The van der Waals surface area contributed by atoms with Crippen molar-refractivity contribution in [2.75, 3.05) is 11.0 Å². The van der Waals surface area contributed by atoms with Crippen LogP contribution in [0.1, 0.15) is 42.2 Å². The molecule has 0 fully saturated rings. The van der Waals surface area contributed by atoms with Crippen molar-refractivity contribution in [3.8, 4) is 0 Å². The Hall–Kier alpha value is -2.05. The van der Waals surface area contributed by atoms with Crippen LogP contribution in [-0.2, 0) is 10.0 Å². The van der Waals surface area contributed by atoms with E-state index < -0.39 is 10.0 Å². The number of carbonyl (C=O) groups excluding carboxylic acids is 1. The number of hydrogen-bond donors (Lipinski definition) is 2. The van der Waals surface area contributed by atoms with Gasteiger partial charge in [-0.25, -0.2) is 8.42 Å². The van der Waals surface area contributed by atoms with Crippen molar-refractivity contribution in [2.24, 2.45) is 5.92 Å². The summed E-state index contributed by atoms with van der Waals surface area (Å²) in [6.07, 6.45) is 1.85. The number of rotatable bonds is 7. The lowest BCUT2D eigenvalue weighted by Gasteiger charge is -2.21. The van der Waals surface area contributed by atoms with Crippen LogP contribution in [-0.4, -0.2) is 20.6 Å². The number of sulfonamides is 1. The van der Waals surface area contributed by atoms with Gasteiger partial charge in [0.1, 0.15) is 0 Å². The monoisotopic (exact) mass is 394 g/mol. The van der Waals surface area contributed by atoms with Crippen molar-refractivity contribution in [1.29, 1.82) is 0 Å². The fourth-order valence-corrected chi connectivity index (χ4v) is 3.47. The second-order valence-electron chi connectivity index (χ2n) is 6.64. The summed E-state index contributed by atoms with van der Waals surface area (Å²) in [7, 11) is -3.40. The highest BCUT2D eigenvalue weighted by Gasteiger charge is 2.19. The van der Waals surface area contributed by atoms with E-state index in [1.54, 1.807) is 0 Å². The van der Waals surface area contributed by atoms with Gasteiger partial charge in [0.2, 0.25) is 10.0 Å². The number of anilines is 1. The molecule has 26 heavy (non-hydrogen) atoms. The Morgan fingerprint density at radius 1 is 1.12 bits per heavy atom. The van der Waals surface area contributed by atoms with Crippen molar-refractivity contribution in [1.82, 2.24) is 5.32 Å². The molecule has 0 bridgehead atoms. The number of amides is 1. The van der Waals surface area contributed by atoms with Crippen LogP contribution in [0.4, 0.5) is 5.69 Å². The van der Waals surface area contributed by atoms with E-state index >= 15 is 0 Å². The first-order valence-corrected chi connectivity index (χ1v) is 10.6. The van der Waals surface area contributed by atoms with Gasteiger partial charge < -0.3 is 5.32 Å². The third-order valence-electron chi connectivity index (χ3n) is 3.73. The zero-order chi connectivity index (χ0) is 19.3. The Labute approximate surface area is 159 Å². The molecule has 2 aromatic rings. The van der Waals surface area contributed by atoms with Crippen LogP contribution in [0.25, 0.3) is 0 Å². The largest absolute Gasteiger partial charge is 0.345 e. The first-order chi connectivity index (χ1) is 12.2. The summed E-state index contributed by atoms with van der Waals surface area (Å²) >= 11 is 6.19. The van der Waals surface area contributed by atoms with Crippen molar-refractivity contribution >= 4 is 33.2 Å². The molecule has 0 unspecified atom stereocenters. The van der Waals surface area contributed by atoms with E-state index in [2.05, 4.69) is 23.9 Å². The van der Waals surface area contributed by atoms with Crippen LogP contribution >= 0.6 is 11.6 Å². The van der Waals surface area contributed by atoms with E-state index in [1.165, 1.54) is 18.2 Å². The maximum atomic E-state index is 12.7. The molecule has 0 spiro atoms. The average molecular weight is 395 g/mol. The van der Waals surface area contributed by atoms with E-state index in [4.69, 9.17) is 11.6 Å².